The molecule has 22 rings (SSSR count). The molecule has 2 N–H and O–H groups in total. The van der Waals surface area contributed by atoms with Crippen molar-refractivity contribution < 1.29 is 9.59 Å². The predicted molar refractivity (Wildman–Crippen MR) is 471 cm³/mol. The van der Waals surface area contributed by atoms with E-state index in [4.69, 9.17) is 0 Å². The maximum Gasteiger partial charge on any atom is 0.150 e. The number of halogens is 1. The first-order valence-electron chi connectivity index (χ1n) is 40.8. The molecule has 13 aromatic rings. The highest BCUT2D eigenvalue weighted by molar-refractivity contribution is 9.10. The molecule has 554 valence electrons. The lowest BCUT2D eigenvalue weighted by atomic mass is 9.82. The summed E-state index contributed by atoms with van der Waals surface area (Å²) < 4.78 is 1.10. The van der Waals surface area contributed by atoms with Crippen LogP contribution < -0.4 is 20.4 Å². The van der Waals surface area contributed by atoms with Gasteiger partial charge < -0.3 is 20.4 Å². The summed E-state index contributed by atoms with van der Waals surface area (Å²) in [5, 5.41) is 10.1. The molecule has 4 heterocycles. The number of benzene rings is 13. The molecule has 13 aromatic carbocycles. The van der Waals surface area contributed by atoms with Gasteiger partial charge in [0.1, 0.15) is 12.6 Å². The van der Waals surface area contributed by atoms with Gasteiger partial charge in [0.2, 0.25) is 0 Å². The minimum Gasteiger partial charge on any atom is -0.381 e. The minimum absolute atomic E-state index is 0.0438. The zero-order valence-electron chi connectivity index (χ0n) is 63.9. The Bertz CT molecular complexity index is 5560. The molecule has 8 atom stereocenters. The lowest BCUT2D eigenvalue weighted by Gasteiger charge is -2.28. The first kappa shape index (κ1) is 72.2. The van der Waals surface area contributed by atoms with E-state index in [0.717, 1.165) is 46.0 Å². The molecule has 4 aliphatic heterocycles. The van der Waals surface area contributed by atoms with Crippen LogP contribution in [0.5, 0.6) is 0 Å². The van der Waals surface area contributed by atoms with Crippen molar-refractivity contribution in [3.63, 3.8) is 0 Å². The maximum absolute atomic E-state index is 11.4. The van der Waals surface area contributed by atoms with E-state index in [9.17, 15) is 9.59 Å². The fraction of sp³-hybridized carbons (Fsp3) is 0.219. The molecule has 0 radical (unpaired) electrons. The topological polar surface area (TPSA) is 64.7 Å². The lowest BCUT2D eigenvalue weighted by Crippen LogP contribution is -2.26. The van der Waals surface area contributed by atoms with E-state index in [0.29, 0.717) is 30.0 Å². The number of nitrogens with zero attached hydrogens (tertiary/aromatic N) is 2. The second kappa shape index (κ2) is 31.8. The van der Waals surface area contributed by atoms with Crippen LogP contribution in [0.1, 0.15) is 202 Å². The van der Waals surface area contributed by atoms with Gasteiger partial charge in [-0.1, -0.05) is 286 Å². The van der Waals surface area contributed by atoms with E-state index in [1.807, 2.05) is 24.3 Å². The summed E-state index contributed by atoms with van der Waals surface area (Å²) >= 11 is 3.48. The van der Waals surface area contributed by atoms with E-state index in [-0.39, 0.29) is 5.41 Å². The highest BCUT2D eigenvalue weighted by Gasteiger charge is 2.45. The average molecular weight is 1520 g/mol. The Hall–Kier alpha value is -11.4. The molecular weight excluding hydrogens is 1430 g/mol. The summed E-state index contributed by atoms with van der Waals surface area (Å²) in [6.07, 6.45) is 22.0. The van der Waals surface area contributed by atoms with Crippen LogP contribution in [0.4, 0.5) is 34.1 Å². The van der Waals surface area contributed by atoms with Crippen LogP contribution in [-0.2, 0) is 5.41 Å². The van der Waals surface area contributed by atoms with Crippen LogP contribution in [0.2, 0.25) is 0 Å². The first-order valence-corrected chi connectivity index (χ1v) is 41.6. The first-order chi connectivity index (χ1) is 55.1. The maximum atomic E-state index is 11.4. The van der Waals surface area contributed by atoms with E-state index in [2.05, 4.69) is 347 Å². The molecule has 112 heavy (non-hydrogen) atoms. The average Bonchev–Trinajstić information content (AvgIpc) is 1.56. The molecule has 9 aliphatic rings. The molecule has 4 fully saturated rings. The molecule has 0 spiro atoms. The monoisotopic (exact) mass is 1520 g/mol. The molecule has 0 amide bonds. The van der Waals surface area contributed by atoms with Crippen molar-refractivity contribution in [1.29, 1.82) is 0 Å². The summed E-state index contributed by atoms with van der Waals surface area (Å²) in [7, 11) is 0. The molecule has 0 bridgehead atoms. The Kier molecular flexibility index (Phi) is 20.5. The lowest BCUT2D eigenvalue weighted by molar-refractivity contribution is 0.111. The van der Waals surface area contributed by atoms with Crippen molar-refractivity contribution >= 4 is 96.7 Å². The molecule has 4 saturated carbocycles. The zero-order valence-corrected chi connectivity index (χ0v) is 65.5. The largest absolute Gasteiger partial charge is 0.381 e. The van der Waals surface area contributed by atoms with Crippen molar-refractivity contribution in [1.82, 2.24) is 0 Å². The quantitative estimate of drug-likeness (QED) is 0.105. The summed E-state index contributed by atoms with van der Waals surface area (Å²) in [6.45, 7) is 4.66. The van der Waals surface area contributed by atoms with Gasteiger partial charge in [-0.3, -0.25) is 9.59 Å². The smallest absolute Gasteiger partial charge is 0.150 e. The van der Waals surface area contributed by atoms with Crippen molar-refractivity contribution in [2.45, 2.75) is 144 Å². The number of para-hydroxylation sites is 1. The second-order valence-electron chi connectivity index (χ2n) is 32.4. The van der Waals surface area contributed by atoms with Gasteiger partial charge in [0.05, 0.1) is 0 Å². The van der Waals surface area contributed by atoms with Crippen LogP contribution in [-0.4, -0.2) is 36.7 Å². The van der Waals surface area contributed by atoms with Crippen molar-refractivity contribution in [2.24, 2.45) is 0 Å². The molecule has 0 aromatic heterocycles. The van der Waals surface area contributed by atoms with Crippen LogP contribution in [0, 0.1) is 0 Å². The Morgan fingerprint density at radius 3 is 1.38 bits per heavy atom. The number of anilines is 6. The van der Waals surface area contributed by atoms with Gasteiger partial charge in [-0.2, -0.15) is 0 Å². The normalized spacial score (nSPS) is 20.5. The van der Waals surface area contributed by atoms with Gasteiger partial charge in [0, 0.05) is 108 Å². The number of carbonyl (C=O) groups is 2. The van der Waals surface area contributed by atoms with Gasteiger partial charge in [0.15, 0.2) is 0 Å². The Balaban J connectivity index is 0.000000102. The number of aldehydes is 2. The van der Waals surface area contributed by atoms with Gasteiger partial charge in [-0.25, -0.2) is 0 Å². The molecular formula is C105H95BrN4O2. The Labute approximate surface area is 669 Å². The van der Waals surface area contributed by atoms with E-state index in [1.54, 1.807) is 11.1 Å². The van der Waals surface area contributed by atoms with Gasteiger partial charge in [-0.15, -0.1) is 0 Å². The SMILES string of the molecule is Brc1ccc(C=C(c2ccccc2)c2ccccc2)cc1.CC1(C)c2ccccc2-c2cc(N3c4ccc(C=O)cc4C4CCCC43)ccc21.O=Cc1ccc2c(c1)C1CCCC1N2c1ccc(C=C(c2ccccc2)c2ccccc2)cc1.c1ccc2c(c1)NC1CCCC21.c1ccc2c3c(ccc2c1)C1CCCC1N3. The fourth-order valence-corrected chi connectivity index (χ4v) is 20.6. The van der Waals surface area contributed by atoms with Gasteiger partial charge in [0.25, 0.3) is 0 Å². The molecule has 0 saturated heterocycles. The predicted octanol–water partition coefficient (Wildman–Crippen LogP) is 27.2. The van der Waals surface area contributed by atoms with Crippen LogP contribution in [0.25, 0.3) is 45.2 Å². The van der Waals surface area contributed by atoms with E-state index in [1.165, 1.54) is 200 Å². The molecule has 8 unspecified atom stereocenters. The van der Waals surface area contributed by atoms with Crippen molar-refractivity contribution in [3.05, 3.63) is 392 Å². The third-order valence-corrected chi connectivity index (χ3v) is 26.1. The van der Waals surface area contributed by atoms with E-state index >= 15 is 0 Å². The summed E-state index contributed by atoms with van der Waals surface area (Å²) in [6, 6.07) is 112. The molecule has 5 aliphatic carbocycles. The van der Waals surface area contributed by atoms with Gasteiger partial charge >= 0.3 is 0 Å². The Morgan fingerprint density at radius 1 is 0.366 bits per heavy atom. The number of fused-ring (bicyclic) bond motifs is 17. The number of rotatable bonds is 10. The Morgan fingerprint density at radius 2 is 0.812 bits per heavy atom. The number of hydrogen-bond acceptors (Lipinski definition) is 6. The summed E-state index contributed by atoms with van der Waals surface area (Å²) in [5.41, 5.74) is 30.6. The second-order valence-corrected chi connectivity index (χ2v) is 33.3. The van der Waals surface area contributed by atoms with Crippen LogP contribution in [0.3, 0.4) is 0 Å². The molecule has 6 nitrogen and oxygen atoms in total. The third kappa shape index (κ3) is 14.2. The number of nitrogens with one attached hydrogen (secondary N) is 2. The van der Waals surface area contributed by atoms with Crippen LogP contribution in [0.15, 0.2) is 314 Å². The third-order valence-electron chi connectivity index (χ3n) is 25.6. The van der Waals surface area contributed by atoms with Crippen molar-refractivity contribution in [3.8, 4) is 11.1 Å². The highest BCUT2D eigenvalue weighted by Crippen LogP contribution is 2.57. The summed E-state index contributed by atoms with van der Waals surface area (Å²) in [5.74, 6) is 2.67. The van der Waals surface area contributed by atoms with E-state index < -0.39 is 0 Å². The van der Waals surface area contributed by atoms with Crippen molar-refractivity contribution in [2.75, 3.05) is 20.4 Å². The standard InChI is InChI=1S/C32H27NO.C27H25NO.C20H15Br.C15H15N.C11H13N/c34-22-24-16-19-32-30(21-24)28-12-7-13-31(28)33(32)27-17-14-23(15-18-27)20-29(25-8-3-1-4-9-25)26-10-5-2-6-11-26;1-27(2)23-8-4-3-6-19(23)21-15-18(11-12-24(21)27)28-25-9-5-7-20(25)22-14-17(16-29)10-13-26(22)28;21-19-13-11-16(12-14-19)15-20(17-7-3-1-4-8-17)18-9-5-2-6-10-18;1-2-5-11-10(4-1)8-9-13-12-6-3-7-14(12)16-15(11)13;1-2-6-10-8(4-1)9-5-3-7-11(9)12-10/h1-6,8-11,14-22,28,31H,7,12-13H2;3-4,6,8,10-16,20,25H,5,7,9H2,1-2H3;1-15H;1-2,4-5,8-9,12,14,16H,3,6-7H2;1-2,4,6,9,11-12H,3,5,7H2. The van der Waals surface area contributed by atoms with Gasteiger partial charge in [-0.05, 0) is 237 Å². The highest BCUT2D eigenvalue weighted by atomic mass is 79.9. The number of carbonyl (C=O) groups excluding carboxylic acids is 2. The zero-order chi connectivity index (χ0) is 75.7. The minimum atomic E-state index is 0.0438. The summed E-state index contributed by atoms with van der Waals surface area (Å²) in [4.78, 5) is 27.8. The van der Waals surface area contributed by atoms with Crippen LogP contribution >= 0.6 is 15.9 Å². The number of hydrogen-bond donors (Lipinski definition) is 2. The fourth-order valence-electron chi connectivity index (χ4n) is 20.3. The molecule has 7 heteroatoms.